The monoisotopic (exact) mass is 388 g/mol. The van der Waals surface area contributed by atoms with E-state index in [0.29, 0.717) is 25.8 Å². The van der Waals surface area contributed by atoms with Crippen molar-refractivity contribution >= 4 is 63.3 Å². The van der Waals surface area contributed by atoms with Crippen molar-refractivity contribution < 1.29 is 4.79 Å². The molecule has 0 spiro atoms. The van der Waals surface area contributed by atoms with Gasteiger partial charge in [-0.2, -0.15) is 5.10 Å². The fraction of sp³-hybridized carbons (Fsp3) is 0. The number of carbonyl (C=O) groups is 1. The first kappa shape index (κ1) is 16.2. The summed E-state index contributed by atoms with van der Waals surface area (Å²) in [5.74, 6) is -0.208. The van der Waals surface area contributed by atoms with E-state index in [2.05, 4.69) is 15.4 Å². The highest BCUT2D eigenvalue weighted by Crippen LogP contribution is 2.35. The highest BCUT2D eigenvalue weighted by atomic mass is 35.5. The number of amides is 1. The Morgan fingerprint density at radius 2 is 2.00 bits per heavy atom. The number of carbonyl (C=O) groups excluding carboxylic acids is 1. The highest BCUT2D eigenvalue weighted by Gasteiger charge is 2.24. The van der Waals surface area contributed by atoms with Gasteiger partial charge in [-0.3, -0.25) is 4.79 Å². The number of thioether (sulfide) groups is 1. The SMILES string of the molecule is O=C1NC(=Nc2c(Cl)cccc2Cl)SC1=Cc1ccn2nccc2c1. The van der Waals surface area contributed by atoms with Crippen LogP contribution in [0, 0.1) is 0 Å². The third-order valence-electron chi connectivity index (χ3n) is 3.52. The number of hydrogen-bond donors (Lipinski definition) is 1. The number of aromatic nitrogens is 2. The van der Waals surface area contributed by atoms with Crippen LogP contribution in [-0.4, -0.2) is 20.7 Å². The second kappa shape index (κ2) is 6.55. The Bertz CT molecular complexity index is 1040. The predicted octanol–water partition coefficient (Wildman–Crippen LogP) is 4.53. The summed E-state index contributed by atoms with van der Waals surface area (Å²) >= 11 is 13.5. The molecule has 3 heterocycles. The van der Waals surface area contributed by atoms with Gasteiger partial charge in [0.05, 0.1) is 20.5 Å². The molecule has 3 aromatic rings. The Labute approximate surface area is 157 Å². The molecule has 0 unspecified atom stereocenters. The lowest BCUT2D eigenvalue weighted by molar-refractivity contribution is -0.115. The fourth-order valence-corrected chi connectivity index (χ4v) is 3.67. The maximum atomic E-state index is 12.2. The van der Waals surface area contributed by atoms with E-state index in [9.17, 15) is 4.79 Å². The van der Waals surface area contributed by atoms with Gasteiger partial charge in [-0.15, -0.1) is 0 Å². The molecule has 1 fully saturated rings. The average molecular weight is 389 g/mol. The van der Waals surface area contributed by atoms with Crippen LogP contribution in [0.2, 0.25) is 10.0 Å². The van der Waals surface area contributed by atoms with Gasteiger partial charge in [-0.05, 0) is 53.7 Å². The van der Waals surface area contributed by atoms with Gasteiger partial charge in [0.1, 0.15) is 5.69 Å². The van der Waals surface area contributed by atoms with E-state index in [1.165, 1.54) is 11.8 Å². The molecular formula is C17H10Cl2N4OS. The van der Waals surface area contributed by atoms with E-state index in [4.69, 9.17) is 23.2 Å². The molecule has 1 aliphatic rings. The van der Waals surface area contributed by atoms with Gasteiger partial charge in [-0.25, -0.2) is 9.51 Å². The molecule has 0 atom stereocenters. The van der Waals surface area contributed by atoms with Gasteiger partial charge in [0.2, 0.25) is 0 Å². The van der Waals surface area contributed by atoms with E-state index in [0.717, 1.165) is 11.1 Å². The number of para-hydroxylation sites is 1. The quantitative estimate of drug-likeness (QED) is 0.655. The molecule has 1 saturated heterocycles. The number of pyridine rings is 1. The summed E-state index contributed by atoms with van der Waals surface area (Å²) in [6.07, 6.45) is 5.38. The Morgan fingerprint density at radius 1 is 1.20 bits per heavy atom. The topological polar surface area (TPSA) is 58.8 Å². The Hall–Kier alpha value is -2.28. The first-order valence-electron chi connectivity index (χ1n) is 7.27. The van der Waals surface area contributed by atoms with Crippen LogP contribution >= 0.6 is 35.0 Å². The zero-order valence-electron chi connectivity index (χ0n) is 12.6. The highest BCUT2D eigenvalue weighted by molar-refractivity contribution is 8.18. The number of benzene rings is 1. The molecule has 8 heteroatoms. The largest absolute Gasteiger partial charge is 0.300 e. The second-order valence-corrected chi connectivity index (χ2v) is 7.06. The molecule has 1 N–H and O–H groups in total. The summed E-state index contributed by atoms with van der Waals surface area (Å²) in [5, 5.41) is 8.18. The Balaban J connectivity index is 1.64. The van der Waals surface area contributed by atoms with Crippen molar-refractivity contribution in [1.82, 2.24) is 14.9 Å². The summed E-state index contributed by atoms with van der Waals surface area (Å²) in [6.45, 7) is 0. The molecule has 0 aliphatic carbocycles. The normalized spacial score (nSPS) is 17.6. The number of nitrogens with one attached hydrogen (secondary N) is 1. The minimum absolute atomic E-state index is 0.208. The minimum atomic E-state index is -0.208. The van der Waals surface area contributed by atoms with E-state index in [-0.39, 0.29) is 5.91 Å². The predicted molar refractivity (Wildman–Crippen MR) is 102 cm³/mol. The number of rotatable bonds is 2. The van der Waals surface area contributed by atoms with Crippen LogP contribution in [0.4, 0.5) is 5.69 Å². The number of nitrogens with zero attached hydrogens (tertiary/aromatic N) is 3. The van der Waals surface area contributed by atoms with Crippen molar-refractivity contribution in [2.24, 2.45) is 4.99 Å². The molecular weight excluding hydrogens is 379 g/mol. The van der Waals surface area contributed by atoms with Gasteiger partial charge in [0, 0.05) is 12.4 Å². The standard InChI is InChI=1S/C17H10Cl2N4OS/c18-12-2-1-3-13(19)15(12)21-17-22-16(24)14(25-17)9-10-5-7-23-11(8-10)4-6-20-23/h1-9H,(H,21,22,24). The van der Waals surface area contributed by atoms with Crippen LogP contribution in [0.5, 0.6) is 0 Å². The molecule has 124 valence electrons. The lowest BCUT2D eigenvalue weighted by Gasteiger charge is -2.01. The van der Waals surface area contributed by atoms with Crippen LogP contribution in [0.25, 0.3) is 11.6 Å². The van der Waals surface area contributed by atoms with Crippen LogP contribution in [0.1, 0.15) is 5.56 Å². The molecule has 5 nitrogen and oxygen atoms in total. The molecule has 2 aromatic heterocycles. The molecule has 0 bridgehead atoms. The lowest BCUT2D eigenvalue weighted by Crippen LogP contribution is -2.19. The number of aliphatic imine (C=N–C) groups is 1. The third-order valence-corrected chi connectivity index (χ3v) is 5.04. The molecule has 0 radical (unpaired) electrons. The van der Waals surface area contributed by atoms with Crippen LogP contribution in [-0.2, 0) is 4.79 Å². The number of fused-ring (bicyclic) bond motifs is 1. The van der Waals surface area contributed by atoms with Gasteiger partial charge >= 0.3 is 0 Å². The van der Waals surface area contributed by atoms with Crippen molar-refractivity contribution in [1.29, 1.82) is 0 Å². The lowest BCUT2D eigenvalue weighted by atomic mass is 10.2. The van der Waals surface area contributed by atoms with Crippen molar-refractivity contribution in [2.45, 2.75) is 0 Å². The number of amidine groups is 1. The van der Waals surface area contributed by atoms with Gasteiger partial charge in [0.25, 0.3) is 5.91 Å². The zero-order valence-corrected chi connectivity index (χ0v) is 14.9. The molecule has 0 saturated carbocycles. The molecule has 1 amide bonds. The van der Waals surface area contributed by atoms with Gasteiger partial charge in [-0.1, -0.05) is 29.3 Å². The zero-order chi connectivity index (χ0) is 17.4. The maximum absolute atomic E-state index is 12.2. The molecule has 4 rings (SSSR count). The minimum Gasteiger partial charge on any atom is -0.300 e. The second-order valence-electron chi connectivity index (χ2n) is 5.21. The first-order chi connectivity index (χ1) is 12.1. The summed E-state index contributed by atoms with van der Waals surface area (Å²) < 4.78 is 1.76. The fourth-order valence-electron chi connectivity index (χ4n) is 2.36. The first-order valence-corrected chi connectivity index (χ1v) is 8.84. The van der Waals surface area contributed by atoms with Crippen molar-refractivity contribution in [3.05, 3.63) is 69.3 Å². The van der Waals surface area contributed by atoms with Gasteiger partial charge in [0.15, 0.2) is 5.17 Å². The van der Waals surface area contributed by atoms with Crippen molar-refractivity contribution in [3.63, 3.8) is 0 Å². The summed E-state index contributed by atoms with van der Waals surface area (Å²) in [6, 6.07) is 10.9. The summed E-state index contributed by atoms with van der Waals surface area (Å²) in [5.41, 5.74) is 2.30. The van der Waals surface area contributed by atoms with Crippen molar-refractivity contribution in [3.8, 4) is 0 Å². The van der Waals surface area contributed by atoms with Gasteiger partial charge < -0.3 is 5.32 Å². The van der Waals surface area contributed by atoms with Crippen LogP contribution in [0.3, 0.4) is 0 Å². The van der Waals surface area contributed by atoms with Crippen LogP contribution < -0.4 is 5.32 Å². The molecule has 25 heavy (non-hydrogen) atoms. The van der Waals surface area contributed by atoms with E-state index in [1.807, 2.05) is 30.5 Å². The van der Waals surface area contributed by atoms with Crippen molar-refractivity contribution in [2.75, 3.05) is 0 Å². The van der Waals surface area contributed by atoms with E-state index in [1.54, 1.807) is 28.9 Å². The summed E-state index contributed by atoms with van der Waals surface area (Å²) in [7, 11) is 0. The number of hydrogen-bond acceptors (Lipinski definition) is 4. The molecule has 1 aromatic carbocycles. The Morgan fingerprint density at radius 3 is 2.80 bits per heavy atom. The van der Waals surface area contributed by atoms with E-state index < -0.39 is 0 Å². The Kier molecular flexibility index (Phi) is 4.25. The summed E-state index contributed by atoms with van der Waals surface area (Å²) in [4.78, 5) is 17.1. The third kappa shape index (κ3) is 3.28. The number of halogens is 2. The van der Waals surface area contributed by atoms with E-state index >= 15 is 0 Å². The maximum Gasteiger partial charge on any atom is 0.264 e. The average Bonchev–Trinajstić information content (AvgIpc) is 3.18. The van der Waals surface area contributed by atoms with Crippen LogP contribution in [0.15, 0.2) is 58.7 Å². The smallest absolute Gasteiger partial charge is 0.264 e. The molecule has 1 aliphatic heterocycles.